The first kappa shape index (κ1) is 13.9. The minimum atomic E-state index is -0.0607. The number of fused-ring (bicyclic) bond motifs is 1. The fraction of sp³-hybridized carbons (Fsp3) is 0.188. The van der Waals surface area contributed by atoms with Crippen molar-refractivity contribution in [3.63, 3.8) is 0 Å². The lowest BCUT2D eigenvalue weighted by Gasteiger charge is -2.37. The summed E-state index contributed by atoms with van der Waals surface area (Å²) in [5, 5.41) is 3.57. The van der Waals surface area contributed by atoms with E-state index in [9.17, 15) is 4.79 Å². The summed E-state index contributed by atoms with van der Waals surface area (Å²) >= 11 is 5.94. The van der Waals surface area contributed by atoms with Crippen LogP contribution in [0, 0.1) is 0 Å². The summed E-state index contributed by atoms with van der Waals surface area (Å²) in [6, 6.07) is 15.3. The molecule has 1 aliphatic heterocycles. The average Bonchev–Trinajstić information content (AvgIpc) is 2.49. The van der Waals surface area contributed by atoms with Crippen LogP contribution in [0.1, 0.15) is 11.6 Å². The number of rotatable bonds is 3. The molecule has 1 unspecified atom stereocenters. The molecule has 21 heavy (non-hydrogen) atoms. The molecule has 4 nitrogen and oxygen atoms in total. The molecule has 0 aliphatic carbocycles. The van der Waals surface area contributed by atoms with Crippen molar-refractivity contribution in [3.05, 3.63) is 59.1 Å². The molecule has 0 saturated heterocycles. The molecule has 0 aromatic heterocycles. The summed E-state index contributed by atoms with van der Waals surface area (Å²) in [5.74, 6) is -0.0267. The first-order chi connectivity index (χ1) is 10.2. The smallest absolute Gasteiger partial charge is 0.243 e. The molecule has 0 radical (unpaired) electrons. The van der Waals surface area contributed by atoms with Gasteiger partial charge < -0.3 is 16.0 Å². The molecule has 0 fully saturated rings. The predicted molar refractivity (Wildman–Crippen MR) is 85.7 cm³/mol. The van der Waals surface area contributed by atoms with Crippen LogP contribution in [0.2, 0.25) is 5.02 Å². The minimum absolute atomic E-state index is 0.0267. The Labute approximate surface area is 128 Å². The van der Waals surface area contributed by atoms with Gasteiger partial charge in [-0.2, -0.15) is 0 Å². The number of anilines is 2. The maximum Gasteiger partial charge on any atom is 0.243 e. The second kappa shape index (κ2) is 5.76. The van der Waals surface area contributed by atoms with Crippen molar-refractivity contribution in [1.29, 1.82) is 0 Å². The van der Waals surface area contributed by atoms with E-state index in [1.807, 2.05) is 53.4 Å². The molecule has 3 rings (SSSR count). The van der Waals surface area contributed by atoms with E-state index >= 15 is 0 Å². The maximum atomic E-state index is 11.9. The van der Waals surface area contributed by atoms with Gasteiger partial charge in [-0.15, -0.1) is 0 Å². The zero-order valence-corrected chi connectivity index (χ0v) is 12.2. The van der Waals surface area contributed by atoms with E-state index in [1.165, 1.54) is 0 Å². The number of hydrogen-bond donors (Lipinski definition) is 2. The maximum absolute atomic E-state index is 11.9. The Kier molecular flexibility index (Phi) is 3.82. The van der Waals surface area contributed by atoms with Crippen molar-refractivity contribution in [1.82, 2.24) is 0 Å². The topological polar surface area (TPSA) is 58.4 Å². The van der Waals surface area contributed by atoms with E-state index in [4.69, 9.17) is 17.3 Å². The van der Waals surface area contributed by atoms with Gasteiger partial charge in [0.05, 0.1) is 24.0 Å². The van der Waals surface area contributed by atoms with Crippen LogP contribution in [0.4, 0.5) is 11.4 Å². The molecule has 108 valence electrons. The molecule has 5 heteroatoms. The Morgan fingerprint density at radius 1 is 1.19 bits per heavy atom. The van der Waals surface area contributed by atoms with Gasteiger partial charge in [-0.25, -0.2) is 0 Å². The van der Waals surface area contributed by atoms with Gasteiger partial charge in [-0.1, -0.05) is 35.9 Å². The number of amides is 1. The number of nitrogens with two attached hydrogens (primary N) is 1. The quantitative estimate of drug-likeness (QED) is 0.916. The third-order valence-electron chi connectivity index (χ3n) is 3.66. The van der Waals surface area contributed by atoms with Gasteiger partial charge in [0.2, 0.25) is 5.91 Å². The van der Waals surface area contributed by atoms with Gasteiger partial charge in [0.1, 0.15) is 0 Å². The molecule has 1 atom stereocenters. The Morgan fingerprint density at radius 2 is 1.90 bits per heavy atom. The van der Waals surface area contributed by atoms with E-state index in [2.05, 4.69) is 5.32 Å². The lowest BCUT2D eigenvalue weighted by atomic mass is 10.0. The van der Waals surface area contributed by atoms with Crippen LogP contribution in [-0.2, 0) is 4.79 Å². The largest absolute Gasteiger partial charge is 0.352 e. The highest BCUT2D eigenvalue weighted by molar-refractivity contribution is 6.30. The number of benzene rings is 2. The highest BCUT2D eigenvalue weighted by Gasteiger charge is 2.27. The SMILES string of the molecule is NCC(c1ccc(Cl)cc1)N1CC(=O)Nc2ccccc21. The van der Waals surface area contributed by atoms with Gasteiger partial charge in [-0.05, 0) is 29.8 Å². The number of nitrogens with zero attached hydrogens (tertiary/aromatic N) is 1. The Balaban J connectivity index is 2.01. The molecule has 2 aromatic carbocycles. The van der Waals surface area contributed by atoms with Gasteiger partial charge in [0, 0.05) is 11.6 Å². The summed E-state index contributed by atoms with van der Waals surface area (Å²) in [7, 11) is 0. The molecule has 1 aliphatic rings. The first-order valence-corrected chi connectivity index (χ1v) is 7.18. The molecular formula is C16H16ClN3O. The summed E-state index contributed by atoms with van der Waals surface area (Å²) in [6.45, 7) is 0.713. The van der Waals surface area contributed by atoms with Crippen molar-refractivity contribution in [2.24, 2.45) is 5.73 Å². The standard InChI is InChI=1S/C16H16ClN3O/c17-12-7-5-11(6-8-12)15(9-18)20-10-16(21)19-13-3-1-2-4-14(13)20/h1-8,15H,9-10,18H2,(H,19,21). The van der Waals surface area contributed by atoms with Crippen LogP contribution in [0.5, 0.6) is 0 Å². The monoisotopic (exact) mass is 301 g/mol. The molecule has 3 N–H and O–H groups in total. The van der Waals surface area contributed by atoms with Gasteiger partial charge >= 0.3 is 0 Å². The second-order valence-electron chi connectivity index (χ2n) is 5.00. The zero-order valence-electron chi connectivity index (χ0n) is 11.4. The van der Waals surface area contributed by atoms with Crippen molar-refractivity contribution in [3.8, 4) is 0 Å². The second-order valence-corrected chi connectivity index (χ2v) is 5.43. The molecule has 0 saturated carbocycles. The van der Waals surface area contributed by atoms with E-state index < -0.39 is 0 Å². The number of carbonyl (C=O) groups excluding carboxylic acids is 1. The first-order valence-electron chi connectivity index (χ1n) is 6.80. The van der Waals surface area contributed by atoms with E-state index in [0.29, 0.717) is 18.1 Å². The third-order valence-corrected chi connectivity index (χ3v) is 3.91. The molecule has 1 heterocycles. The highest BCUT2D eigenvalue weighted by atomic mass is 35.5. The lowest BCUT2D eigenvalue weighted by molar-refractivity contribution is -0.115. The van der Waals surface area contributed by atoms with Crippen molar-refractivity contribution in [2.75, 3.05) is 23.3 Å². The number of para-hydroxylation sites is 2. The van der Waals surface area contributed by atoms with Crippen LogP contribution >= 0.6 is 11.6 Å². The van der Waals surface area contributed by atoms with Crippen LogP contribution in [-0.4, -0.2) is 19.0 Å². The van der Waals surface area contributed by atoms with Crippen LogP contribution in [0.25, 0.3) is 0 Å². The number of hydrogen-bond acceptors (Lipinski definition) is 3. The van der Waals surface area contributed by atoms with E-state index in [-0.39, 0.29) is 11.9 Å². The predicted octanol–water partition coefficient (Wildman–Crippen LogP) is 2.80. The normalized spacial score (nSPS) is 15.3. The van der Waals surface area contributed by atoms with Crippen LogP contribution in [0.15, 0.2) is 48.5 Å². The van der Waals surface area contributed by atoms with E-state index in [1.54, 1.807) is 0 Å². The third kappa shape index (κ3) is 2.73. The van der Waals surface area contributed by atoms with Gasteiger partial charge in [0.25, 0.3) is 0 Å². The lowest BCUT2D eigenvalue weighted by Crippen LogP contribution is -2.43. The summed E-state index contributed by atoms with van der Waals surface area (Å²) in [6.07, 6.45) is 0. The number of halogens is 1. The van der Waals surface area contributed by atoms with Crippen LogP contribution in [0.3, 0.4) is 0 Å². The molecular weight excluding hydrogens is 286 g/mol. The van der Waals surface area contributed by atoms with E-state index in [0.717, 1.165) is 16.9 Å². The van der Waals surface area contributed by atoms with Crippen molar-refractivity contribution in [2.45, 2.75) is 6.04 Å². The van der Waals surface area contributed by atoms with Gasteiger partial charge in [0.15, 0.2) is 0 Å². The zero-order chi connectivity index (χ0) is 14.8. The fourth-order valence-electron chi connectivity index (χ4n) is 2.67. The van der Waals surface area contributed by atoms with Gasteiger partial charge in [-0.3, -0.25) is 4.79 Å². The molecule has 2 aromatic rings. The number of nitrogens with one attached hydrogen (secondary N) is 1. The Hall–Kier alpha value is -2.04. The summed E-state index contributed by atoms with van der Waals surface area (Å²) < 4.78 is 0. The Bertz CT molecular complexity index is 657. The molecule has 0 spiro atoms. The Morgan fingerprint density at radius 3 is 2.62 bits per heavy atom. The summed E-state index contributed by atoms with van der Waals surface area (Å²) in [5.41, 5.74) is 8.83. The molecule has 0 bridgehead atoms. The number of carbonyl (C=O) groups is 1. The molecule has 1 amide bonds. The van der Waals surface area contributed by atoms with Crippen LogP contribution < -0.4 is 16.0 Å². The van der Waals surface area contributed by atoms with Crippen molar-refractivity contribution >= 4 is 28.9 Å². The summed E-state index contributed by atoms with van der Waals surface area (Å²) in [4.78, 5) is 14.0. The minimum Gasteiger partial charge on any atom is -0.352 e. The fourth-order valence-corrected chi connectivity index (χ4v) is 2.79. The highest BCUT2D eigenvalue weighted by Crippen LogP contribution is 2.35. The average molecular weight is 302 g/mol. The van der Waals surface area contributed by atoms with Crippen molar-refractivity contribution < 1.29 is 4.79 Å².